The summed E-state index contributed by atoms with van der Waals surface area (Å²) >= 11 is 3.04. The standard InChI is InChI=1S/C14H16N4O3S2/c1-2-3-7-22-14-17-16-13(23-14)15-9-12(19)10-5-4-6-11(8-10)18(20)21/h4-6,8H,2-3,7,9H2,1H3,(H,15,16). The lowest BCUT2D eigenvalue weighted by Gasteiger charge is -2.01. The van der Waals surface area contributed by atoms with E-state index in [0.717, 1.165) is 22.9 Å². The number of non-ortho nitro benzene ring substituents is 1. The van der Waals surface area contributed by atoms with Crippen LogP contribution in [0.1, 0.15) is 30.1 Å². The van der Waals surface area contributed by atoms with Gasteiger partial charge in [0.25, 0.3) is 5.69 Å². The molecule has 1 heterocycles. The molecule has 0 fully saturated rings. The third-order valence-corrected chi connectivity index (χ3v) is 5.01. The lowest BCUT2D eigenvalue weighted by molar-refractivity contribution is -0.384. The Morgan fingerprint density at radius 2 is 2.26 bits per heavy atom. The third-order valence-electron chi connectivity index (χ3n) is 2.91. The second kappa shape index (κ2) is 8.59. The third kappa shape index (κ3) is 5.29. The van der Waals surface area contributed by atoms with Gasteiger partial charge in [0.2, 0.25) is 5.13 Å². The Balaban J connectivity index is 1.89. The van der Waals surface area contributed by atoms with E-state index in [-0.39, 0.29) is 18.0 Å². The van der Waals surface area contributed by atoms with Gasteiger partial charge in [0.15, 0.2) is 10.1 Å². The van der Waals surface area contributed by atoms with Gasteiger partial charge in [0.05, 0.1) is 11.5 Å². The summed E-state index contributed by atoms with van der Waals surface area (Å²) in [4.78, 5) is 22.3. The Labute approximate surface area is 141 Å². The molecule has 0 saturated carbocycles. The van der Waals surface area contributed by atoms with Gasteiger partial charge in [-0.2, -0.15) is 0 Å². The monoisotopic (exact) mass is 352 g/mol. The van der Waals surface area contributed by atoms with Crippen LogP contribution in [0.5, 0.6) is 0 Å². The summed E-state index contributed by atoms with van der Waals surface area (Å²) in [6.45, 7) is 2.16. The first-order chi connectivity index (χ1) is 11.1. The van der Waals surface area contributed by atoms with Crippen molar-refractivity contribution >= 4 is 39.7 Å². The molecule has 1 aromatic carbocycles. The number of Topliss-reactive ketones (excluding diaryl/α,β-unsaturated/α-hetero) is 1. The largest absolute Gasteiger partial charge is 0.353 e. The minimum absolute atomic E-state index is 0.0232. The molecule has 0 aliphatic rings. The van der Waals surface area contributed by atoms with Crippen molar-refractivity contribution in [3.05, 3.63) is 39.9 Å². The molecule has 0 amide bonds. The molecular formula is C14H16N4O3S2. The second-order valence-electron chi connectivity index (χ2n) is 4.66. The second-order valence-corrected chi connectivity index (χ2v) is 6.98. The summed E-state index contributed by atoms with van der Waals surface area (Å²) in [7, 11) is 0. The van der Waals surface area contributed by atoms with Crippen LogP contribution in [0.2, 0.25) is 0 Å². The summed E-state index contributed by atoms with van der Waals surface area (Å²) in [5, 5.41) is 22.2. The smallest absolute Gasteiger partial charge is 0.270 e. The zero-order valence-electron chi connectivity index (χ0n) is 12.5. The average Bonchev–Trinajstić information content (AvgIpc) is 3.01. The summed E-state index contributed by atoms with van der Waals surface area (Å²) in [5.41, 5.74) is 0.204. The number of nitrogens with zero attached hydrogens (tertiary/aromatic N) is 3. The van der Waals surface area contributed by atoms with Crippen molar-refractivity contribution in [2.24, 2.45) is 0 Å². The van der Waals surface area contributed by atoms with E-state index in [4.69, 9.17) is 0 Å². The number of nitrogens with one attached hydrogen (secondary N) is 1. The quantitative estimate of drug-likeness (QED) is 0.242. The topological polar surface area (TPSA) is 98.0 Å². The minimum Gasteiger partial charge on any atom is -0.353 e. The normalized spacial score (nSPS) is 10.5. The van der Waals surface area contributed by atoms with Gasteiger partial charge in [-0.05, 0) is 6.42 Å². The first-order valence-corrected chi connectivity index (χ1v) is 8.88. The van der Waals surface area contributed by atoms with E-state index in [0.29, 0.717) is 10.7 Å². The Morgan fingerprint density at radius 3 is 3.00 bits per heavy atom. The molecule has 0 spiro atoms. The van der Waals surface area contributed by atoms with Gasteiger partial charge in [-0.1, -0.05) is 48.6 Å². The maximum Gasteiger partial charge on any atom is 0.270 e. The average molecular weight is 352 g/mol. The maximum absolute atomic E-state index is 12.1. The van der Waals surface area contributed by atoms with Crippen LogP contribution in [-0.2, 0) is 0 Å². The van der Waals surface area contributed by atoms with Gasteiger partial charge >= 0.3 is 0 Å². The highest BCUT2D eigenvalue weighted by Crippen LogP contribution is 2.26. The first-order valence-electron chi connectivity index (χ1n) is 7.08. The van der Waals surface area contributed by atoms with Crippen LogP contribution in [0.4, 0.5) is 10.8 Å². The number of benzene rings is 1. The molecular weight excluding hydrogens is 336 g/mol. The molecule has 0 aliphatic carbocycles. The van der Waals surface area contributed by atoms with Crippen molar-refractivity contribution < 1.29 is 9.72 Å². The summed E-state index contributed by atoms with van der Waals surface area (Å²) in [6, 6.07) is 5.69. The Bertz CT molecular complexity index is 690. The van der Waals surface area contributed by atoms with E-state index < -0.39 is 4.92 Å². The van der Waals surface area contributed by atoms with Crippen LogP contribution >= 0.6 is 23.1 Å². The maximum atomic E-state index is 12.1. The fourth-order valence-corrected chi connectivity index (χ4v) is 3.60. The predicted molar refractivity (Wildman–Crippen MR) is 91.5 cm³/mol. The number of rotatable bonds is 9. The molecule has 2 aromatic rings. The fourth-order valence-electron chi connectivity index (χ4n) is 1.69. The van der Waals surface area contributed by atoms with Gasteiger partial charge in [-0.3, -0.25) is 14.9 Å². The summed E-state index contributed by atoms with van der Waals surface area (Å²) < 4.78 is 0.865. The number of carbonyl (C=O) groups excluding carboxylic acids is 1. The number of hydrogen-bond acceptors (Lipinski definition) is 8. The van der Waals surface area contributed by atoms with Crippen molar-refractivity contribution in [2.45, 2.75) is 24.1 Å². The molecule has 2 rings (SSSR count). The van der Waals surface area contributed by atoms with Gasteiger partial charge in [-0.15, -0.1) is 10.2 Å². The molecule has 0 radical (unpaired) electrons. The number of hydrogen-bond donors (Lipinski definition) is 1. The predicted octanol–water partition coefficient (Wildman–Crippen LogP) is 3.63. The number of nitro benzene ring substituents is 1. The molecule has 0 atom stereocenters. The molecule has 1 N–H and O–H groups in total. The van der Waals surface area contributed by atoms with Crippen molar-refractivity contribution in [2.75, 3.05) is 17.6 Å². The highest BCUT2D eigenvalue weighted by Gasteiger charge is 2.12. The van der Waals surface area contributed by atoms with E-state index in [1.54, 1.807) is 17.8 Å². The SMILES string of the molecule is CCCCSc1nnc(NCC(=O)c2cccc([N+](=O)[O-])c2)s1. The molecule has 7 nitrogen and oxygen atoms in total. The lowest BCUT2D eigenvalue weighted by Crippen LogP contribution is -2.14. The molecule has 1 aromatic heterocycles. The fraction of sp³-hybridized carbons (Fsp3) is 0.357. The van der Waals surface area contributed by atoms with Crippen LogP contribution in [0.25, 0.3) is 0 Å². The number of unbranched alkanes of at least 4 members (excludes halogenated alkanes) is 1. The van der Waals surface area contributed by atoms with Crippen molar-refractivity contribution in [1.82, 2.24) is 10.2 Å². The van der Waals surface area contributed by atoms with Crippen LogP contribution < -0.4 is 5.32 Å². The number of aromatic nitrogens is 2. The minimum atomic E-state index is -0.519. The number of ketones is 1. The van der Waals surface area contributed by atoms with E-state index in [1.807, 2.05) is 0 Å². The highest BCUT2D eigenvalue weighted by atomic mass is 32.2. The Morgan fingerprint density at radius 1 is 1.43 bits per heavy atom. The van der Waals surface area contributed by atoms with Gasteiger partial charge in [0.1, 0.15) is 0 Å². The van der Waals surface area contributed by atoms with E-state index >= 15 is 0 Å². The van der Waals surface area contributed by atoms with E-state index in [1.165, 1.54) is 29.5 Å². The summed E-state index contributed by atoms with van der Waals surface area (Å²) in [6.07, 6.45) is 2.26. The van der Waals surface area contributed by atoms with Crippen LogP contribution in [0.3, 0.4) is 0 Å². The van der Waals surface area contributed by atoms with Crippen molar-refractivity contribution in [3.63, 3.8) is 0 Å². The molecule has 0 saturated heterocycles. The number of anilines is 1. The van der Waals surface area contributed by atoms with Crippen molar-refractivity contribution in [3.8, 4) is 0 Å². The Hall–Kier alpha value is -2.00. The van der Waals surface area contributed by atoms with Crippen LogP contribution in [-0.4, -0.2) is 33.2 Å². The molecule has 23 heavy (non-hydrogen) atoms. The van der Waals surface area contributed by atoms with Crippen LogP contribution in [0, 0.1) is 10.1 Å². The number of carbonyl (C=O) groups is 1. The molecule has 0 unspecified atom stereocenters. The van der Waals surface area contributed by atoms with Gasteiger partial charge in [0, 0.05) is 23.4 Å². The van der Waals surface area contributed by atoms with Crippen LogP contribution in [0.15, 0.2) is 28.6 Å². The molecule has 122 valence electrons. The van der Waals surface area contributed by atoms with Crippen molar-refractivity contribution in [1.29, 1.82) is 0 Å². The van der Waals surface area contributed by atoms with E-state index in [2.05, 4.69) is 22.4 Å². The number of thioether (sulfide) groups is 1. The highest BCUT2D eigenvalue weighted by molar-refractivity contribution is 8.01. The molecule has 9 heteroatoms. The van der Waals surface area contributed by atoms with Gasteiger partial charge in [-0.25, -0.2) is 0 Å². The molecule has 0 aliphatic heterocycles. The summed E-state index contributed by atoms with van der Waals surface area (Å²) in [5.74, 6) is 0.765. The Kier molecular flexibility index (Phi) is 6.48. The first kappa shape index (κ1) is 17.4. The zero-order valence-corrected chi connectivity index (χ0v) is 14.2. The van der Waals surface area contributed by atoms with Gasteiger partial charge < -0.3 is 5.32 Å². The lowest BCUT2D eigenvalue weighted by atomic mass is 10.1. The van der Waals surface area contributed by atoms with E-state index in [9.17, 15) is 14.9 Å². The zero-order chi connectivity index (χ0) is 16.7. The number of nitro groups is 1. The molecule has 0 bridgehead atoms.